The molecule has 1 saturated heterocycles. The van der Waals surface area contributed by atoms with Gasteiger partial charge in [-0.3, -0.25) is 5.10 Å². The zero-order chi connectivity index (χ0) is 17.9. The van der Waals surface area contributed by atoms with Crippen molar-refractivity contribution in [2.45, 2.75) is 50.7 Å². The molecule has 3 N–H and O–H groups in total. The van der Waals surface area contributed by atoms with Crippen LogP contribution >= 0.6 is 0 Å². The van der Waals surface area contributed by atoms with E-state index in [0.717, 1.165) is 57.0 Å². The Bertz CT molecular complexity index is 695. The molecule has 2 heterocycles. The monoisotopic (exact) mass is 355 g/mol. The van der Waals surface area contributed by atoms with Gasteiger partial charge in [0, 0.05) is 37.3 Å². The molecule has 1 aromatic carbocycles. The lowest BCUT2D eigenvalue weighted by molar-refractivity contribution is 0.128. The Balaban J connectivity index is 1.24. The number of aromatic amines is 1. The predicted molar refractivity (Wildman–Crippen MR) is 102 cm³/mol. The molecule has 6 heteroatoms. The smallest absolute Gasteiger partial charge is 0.153 e. The molecule has 0 spiro atoms. The van der Waals surface area contributed by atoms with Crippen molar-refractivity contribution in [2.24, 2.45) is 5.92 Å². The number of rotatable bonds is 5. The second-order valence-electron chi connectivity index (χ2n) is 7.78. The SMILES string of the molecule is Cc1nc(C2C[C@H](CNC3CCN(c4ccccc4)CC3)[C@H](O)C2)n[nH]1. The van der Waals surface area contributed by atoms with Crippen LogP contribution in [0.5, 0.6) is 0 Å². The fourth-order valence-corrected chi connectivity index (χ4v) is 4.37. The van der Waals surface area contributed by atoms with Gasteiger partial charge in [-0.2, -0.15) is 5.10 Å². The molecule has 140 valence electrons. The first kappa shape index (κ1) is 17.5. The summed E-state index contributed by atoms with van der Waals surface area (Å²) in [5.74, 6) is 2.29. The molecule has 1 aromatic heterocycles. The molecule has 4 rings (SSSR count). The highest BCUT2D eigenvalue weighted by Crippen LogP contribution is 2.37. The van der Waals surface area contributed by atoms with E-state index in [1.165, 1.54) is 5.69 Å². The summed E-state index contributed by atoms with van der Waals surface area (Å²) in [6.45, 7) is 4.99. The highest BCUT2D eigenvalue weighted by molar-refractivity contribution is 5.46. The van der Waals surface area contributed by atoms with Crippen molar-refractivity contribution in [2.75, 3.05) is 24.5 Å². The van der Waals surface area contributed by atoms with Gasteiger partial charge in [-0.15, -0.1) is 0 Å². The van der Waals surface area contributed by atoms with Gasteiger partial charge in [-0.05, 0) is 50.7 Å². The van der Waals surface area contributed by atoms with Crippen molar-refractivity contribution >= 4 is 5.69 Å². The fourth-order valence-electron chi connectivity index (χ4n) is 4.37. The third kappa shape index (κ3) is 3.91. The van der Waals surface area contributed by atoms with Crippen LogP contribution in [0, 0.1) is 12.8 Å². The van der Waals surface area contributed by atoms with Crippen LogP contribution in [0.25, 0.3) is 0 Å². The maximum atomic E-state index is 10.4. The standard InChI is InChI=1S/C20H29N5O/c1-14-22-20(24-23-14)15-11-16(19(26)12-15)13-21-17-7-9-25(10-8-17)18-5-3-2-4-6-18/h2-6,15-17,19,21,26H,7-13H2,1H3,(H,22,23,24)/t15?,16-,19-/m1/s1. The number of aliphatic hydroxyl groups is 1. The molecular formula is C20H29N5O. The van der Waals surface area contributed by atoms with Crippen LogP contribution in [0.4, 0.5) is 5.69 Å². The van der Waals surface area contributed by atoms with E-state index in [9.17, 15) is 5.11 Å². The molecule has 0 radical (unpaired) electrons. The van der Waals surface area contributed by atoms with E-state index in [-0.39, 0.29) is 12.0 Å². The molecule has 1 aliphatic carbocycles. The first-order valence-corrected chi connectivity index (χ1v) is 9.79. The molecule has 2 aromatic rings. The minimum Gasteiger partial charge on any atom is -0.393 e. The van der Waals surface area contributed by atoms with Crippen LogP contribution < -0.4 is 10.2 Å². The van der Waals surface area contributed by atoms with Crippen molar-refractivity contribution in [3.05, 3.63) is 42.0 Å². The maximum Gasteiger partial charge on any atom is 0.153 e. The number of aryl methyl sites for hydroxylation is 1. The van der Waals surface area contributed by atoms with Crippen molar-refractivity contribution in [3.63, 3.8) is 0 Å². The van der Waals surface area contributed by atoms with Crippen molar-refractivity contribution in [1.29, 1.82) is 0 Å². The molecule has 26 heavy (non-hydrogen) atoms. The summed E-state index contributed by atoms with van der Waals surface area (Å²) in [4.78, 5) is 6.91. The summed E-state index contributed by atoms with van der Waals surface area (Å²) in [7, 11) is 0. The summed E-state index contributed by atoms with van der Waals surface area (Å²) in [5.41, 5.74) is 1.32. The average Bonchev–Trinajstić information content (AvgIpc) is 3.27. The number of piperidine rings is 1. The third-order valence-electron chi connectivity index (χ3n) is 5.92. The minimum atomic E-state index is -0.254. The van der Waals surface area contributed by atoms with E-state index in [1.54, 1.807) is 0 Å². The number of hydrogen-bond donors (Lipinski definition) is 3. The molecule has 1 saturated carbocycles. The summed E-state index contributed by atoms with van der Waals surface area (Å²) < 4.78 is 0. The Morgan fingerprint density at radius 1 is 1.19 bits per heavy atom. The topological polar surface area (TPSA) is 77.1 Å². The number of para-hydroxylation sites is 1. The Labute approximate surface area is 155 Å². The van der Waals surface area contributed by atoms with Gasteiger partial charge in [-0.25, -0.2) is 4.98 Å². The quantitative estimate of drug-likeness (QED) is 0.767. The molecule has 0 bridgehead atoms. The number of nitrogens with one attached hydrogen (secondary N) is 2. The van der Waals surface area contributed by atoms with Crippen LogP contribution in [0.15, 0.2) is 30.3 Å². The number of aromatic nitrogens is 3. The summed E-state index contributed by atoms with van der Waals surface area (Å²) in [5, 5.41) is 21.3. The lowest BCUT2D eigenvalue weighted by Gasteiger charge is -2.34. The van der Waals surface area contributed by atoms with E-state index in [0.29, 0.717) is 12.0 Å². The largest absolute Gasteiger partial charge is 0.393 e. The van der Waals surface area contributed by atoms with Gasteiger partial charge in [0.05, 0.1) is 6.10 Å². The average molecular weight is 355 g/mol. The number of benzene rings is 1. The summed E-state index contributed by atoms with van der Waals surface area (Å²) in [6.07, 6.45) is 3.79. The van der Waals surface area contributed by atoms with E-state index in [4.69, 9.17) is 0 Å². The van der Waals surface area contributed by atoms with Crippen molar-refractivity contribution in [1.82, 2.24) is 20.5 Å². The number of H-pyrrole nitrogens is 1. The maximum absolute atomic E-state index is 10.4. The van der Waals surface area contributed by atoms with Crippen LogP contribution in [0.1, 0.15) is 43.3 Å². The summed E-state index contributed by atoms with van der Waals surface area (Å²) >= 11 is 0. The molecule has 1 aliphatic heterocycles. The van der Waals surface area contributed by atoms with Gasteiger partial charge in [0.1, 0.15) is 5.82 Å². The van der Waals surface area contributed by atoms with Gasteiger partial charge in [-0.1, -0.05) is 18.2 Å². The van der Waals surface area contributed by atoms with E-state index < -0.39 is 0 Å². The lowest BCUT2D eigenvalue weighted by atomic mass is 10.0. The lowest BCUT2D eigenvalue weighted by Crippen LogP contribution is -2.44. The van der Waals surface area contributed by atoms with Gasteiger partial charge in [0.2, 0.25) is 0 Å². The third-order valence-corrected chi connectivity index (χ3v) is 5.92. The van der Waals surface area contributed by atoms with E-state index in [2.05, 4.69) is 55.7 Å². The van der Waals surface area contributed by atoms with Crippen LogP contribution in [-0.4, -0.2) is 52.1 Å². The molecule has 0 amide bonds. The first-order chi connectivity index (χ1) is 12.7. The second kappa shape index (κ2) is 7.76. The number of anilines is 1. The Hall–Kier alpha value is -1.92. The molecular weight excluding hydrogens is 326 g/mol. The number of nitrogens with zero attached hydrogens (tertiary/aromatic N) is 3. The van der Waals surface area contributed by atoms with Crippen LogP contribution in [-0.2, 0) is 0 Å². The van der Waals surface area contributed by atoms with Gasteiger partial charge in [0.25, 0.3) is 0 Å². The van der Waals surface area contributed by atoms with Gasteiger partial charge < -0.3 is 15.3 Å². The first-order valence-electron chi connectivity index (χ1n) is 9.79. The predicted octanol–water partition coefficient (Wildman–Crippen LogP) is 2.23. The Morgan fingerprint density at radius 2 is 1.96 bits per heavy atom. The van der Waals surface area contributed by atoms with Crippen LogP contribution in [0.2, 0.25) is 0 Å². The van der Waals surface area contributed by atoms with E-state index >= 15 is 0 Å². The number of aliphatic hydroxyl groups excluding tert-OH is 1. The van der Waals surface area contributed by atoms with Crippen molar-refractivity contribution < 1.29 is 5.11 Å². The summed E-state index contributed by atoms with van der Waals surface area (Å²) in [6, 6.07) is 11.2. The van der Waals surface area contributed by atoms with Gasteiger partial charge in [0.15, 0.2) is 5.82 Å². The highest BCUT2D eigenvalue weighted by atomic mass is 16.3. The normalized spacial score (nSPS) is 27.2. The molecule has 2 aliphatic rings. The zero-order valence-corrected chi connectivity index (χ0v) is 15.4. The number of hydrogen-bond acceptors (Lipinski definition) is 5. The molecule has 6 nitrogen and oxygen atoms in total. The molecule has 1 unspecified atom stereocenters. The van der Waals surface area contributed by atoms with Crippen LogP contribution in [0.3, 0.4) is 0 Å². The Kier molecular flexibility index (Phi) is 5.22. The highest BCUT2D eigenvalue weighted by Gasteiger charge is 2.36. The second-order valence-corrected chi connectivity index (χ2v) is 7.78. The Morgan fingerprint density at radius 3 is 2.65 bits per heavy atom. The van der Waals surface area contributed by atoms with E-state index in [1.807, 2.05) is 6.92 Å². The zero-order valence-electron chi connectivity index (χ0n) is 15.4. The minimum absolute atomic E-state index is 0.254. The van der Waals surface area contributed by atoms with Gasteiger partial charge >= 0.3 is 0 Å². The molecule has 2 fully saturated rings. The van der Waals surface area contributed by atoms with Crippen molar-refractivity contribution in [3.8, 4) is 0 Å². The molecule has 3 atom stereocenters. The fraction of sp³-hybridized carbons (Fsp3) is 0.600.